The first-order valence-electron chi connectivity index (χ1n) is 8.62. The van der Waals surface area contributed by atoms with Crippen LogP contribution in [0.25, 0.3) is 22.3 Å². The molecule has 6 nitrogen and oxygen atoms in total. The van der Waals surface area contributed by atoms with Crippen LogP contribution in [0.3, 0.4) is 0 Å². The van der Waals surface area contributed by atoms with Gasteiger partial charge in [-0.15, -0.1) is 5.10 Å². The van der Waals surface area contributed by atoms with Crippen LogP contribution in [-0.4, -0.2) is 32.2 Å². The van der Waals surface area contributed by atoms with Crippen LogP contribution < -0.4 is 4.90 Å². The van der Waals surface area contributed by atoms with Gasteiger partial charge in [0.2, 0.25) is 5.95 Å². The van der Waals surface area contributed by atoms with Gasteiger partial charge in [-0.2, -0.15) is 5.10 Å². The van der Waals surface area contributed by atoms with Gasteiger partial charge in [0, 0.05) is 12.6 Å². The molecule has 2 aromatic carbocycles. The molecule has 0 saturated heterocycles. The van der Waals surface area contributed by atoms with E-state index in [-0.39, 0.29) is 5.82 Å². The van der Waals surface area contributed by atoms with Gasteiger partial charge in [0.1, 0.15) is 11.6 Å². The molecule has 0 bridgehead atoms. The molecule has 0 aliphatic heterocycles. The lowest BCUT2D eigenvalue weighted by molar-refractivity contribution is 0.628. The lowest BCUT2D eigenvalue weighted by Crippen LogP contribution is -2.20. The van der Waals surface area contributed by atoms with Gasteiger partial charge in [-0.1, -0.05) is 12.1 Å². The number of anilines is 1. The zero-order chi connectivity index (χ0) is 19.0. The van der Waals surface area contributed by atoms with Crippen molar-refractivity contribution in [3.05, 3.63) is 65.4 Å². The summed E-state index contributed by atoms with van der Waals surface area (Å²) in [6.07, 6.45) is 1.53. The van der Waals surface area contributed by atoms with Crippen LogP contribution in [0.4, 0.5) is 10.3 Å². The van der Waals surface area contributed by atoms with Crippen LogP contribution in [-0.2, 0) is 6.54 Å². The van der Waals surface area contributed by atoms with E-state index in [4.69, 9.17) is 0 Å². The molecule has 4 aromatic rings. The van der Waals surface area contributed by atoms with E-state index < -0.39 is 0 Å². The number of aryl methyl sites for hydroxylation is 2. The zero-order valence-electron chi connectivity index (χ0n) is 15.4. The Balaban J connectivity index is 1.60. The van der Waals surface area contributed by atoms with Crippen molar-refractivity contribution in [2.45, 2.75) is 20.4 Å². The number of aromatic amines is 1. The van der Waals surface area contributed by atoms with E-state index in [1.54, 1.807) is 12.1 Å². The van der Waals surface area contributed by atoms with Gasteiger partial charge in [-0.05, 0) is 49.2 Å². The van der Waals surface area contributed by atoms with E-state index in [0.717, 1.165) is 16.9 Å². The highest BCUT2D eigenvalue weighted by Crippen LogP contribution is 2.20. The van der Waals surface area contributed by atoms with Crippen molar-refractivity contribution in [1.29, 1.82) is 0 Å². The normalized spacial score (nSPS) is 11.1. The molecule has 0 saturated carbocycles. The van der Waals surface area contributed by atoms with Crippen LogP contribution in [0.5, 0.6) is 0 Å². The second-order valence-corrected chi connectivity index (χ2v) is 6.65. The highest BCUT2D eigenvalue weighted by molar-refractivity contribution is 5.77. The van der Waals surface area contributed by atoms with Gasteiger partial charge in [0.05, 0.1) is 29.5 Å². The van der Waals surface area contributed by atoms with E-state index in [9.17, 15) is 4.39 Å². The van der Waals surface area contributed by atoms with E-state index in [2.05, 4.69) is 51.1 Å². The molecule has 0 fully saturated rings. The van der Waals surface area contributed by atoms with E-state index >= 15 is 0 Å². The molecule has 2 heterocycles. The first-order chi connectivity index (χ1) is 13.0. The van der Waals surface area contributed by atoms with Crippen LogP contribution in [0, 0.1) is 19.7 Å². The number of nitrogens with one attached hydrogen (secondary N) is 1. The first kappa shape index (κ1) is 17.1. The Bertz CT molecular complexity index is 1080. The highest BCUT2D eigenvalue weighted by Gasteiger charge is 2.12. The predicted octanol–water partition coefficient (Wildman–Crippen LogP) is 3.81. The Morgan fingerprint density at radius 3 is 2.70 bits per heavy atom. The van der Waals surface area contributed by atoms with E-state index in [1.165, 1.54) is 29.5 Å². The standard InChI is InChI=1S/C20H19FN6/c1-12-7-16-17(8-13(12)2)24-19(23-16)11-27(3)20-25-18(10-22-26-20)14-5-4-6-15(21)9-14/h4-10H,11H2,1-3H3,(H,23,24). The Labute approximate surface area is 156 Å². The van der Waals surface area contributed by atoms with Crippen LogP contribution >= 0.6 is 0 Å². The lowest BCUT2D eigenvalue weighted by Gasteiger charge is -2.15. The predicted molar refractivity (Wildman–Crippen MR) is 103 cm³/mol. The summed E-state index contributed by atoms with van der Waals surface area (Å²) in [7, 11) is 1.87. The molecule has 0 amide bonds. The Morgan fingerprint density at radius 2 is 1.89 bits per heavy atom. The van der Waals surface area contributed by atoms with Crippen LogP contribution in [0.15, 0.2) is 42.6 Å². The summed E-state index contributed by atoms with van der Waals surface area (Å²) < 4.78 is 13.5. The summed E-state index contributed by atoms with van der Waals surface area (Å²) in [5, 5.41) is 8.11. The number of fused-ring (bicyclic) bond motifs is 1. The van der Waals surface area contributed by atoms with E-state index in [0.29, 0.717) is 23.8 Å². The summed E-state index contributed by atoms with van der Waals surface area (Å²) >= 11 is 0. The molecule has 1 N–H and O–H groups in total. The van der Waals surface area contributed by atoms with Gasteiger partial charge in [-0.25, -0.2) is 14.4 Å². The summed E-state index contributed by atoms with van der Waals surface area (Å²) in [6.45, 7) is 4.66. The second kappa shape index (κ2) is 6.75. The summed E-state index contributed by atoms with van der Waals surface area (Å²) in [6, 6.07) is 10.4. The fraction of sp³-hybridized carbons (Fsp3) is 0.200. The number of hydrogen-bond donors (Lipinski definition) is 1. The molecule has 0 aliphatic carbocycles. The number of halogens is 1. The van der Waals surface area contributed by atoms with Crippen molar-refractivity contribution < 1.29 is 4.39 Å². The van der Waals surface area contributed by atoms with Gasteiger partial charge in [0.25, 0.3) is 0 Å². The minimum absolute atomic E-state index is 0.311. The summed E-state index contributed by atoms with van der Waals surface area (Å²) in [4.78, 5) is 14.4. The number of H-pyrrole nitrogens is 1. The smallest absolute Gasteiger partial charge is 0.246 e. The average Bonchev–Trinajstić information content (AvgIpc) is 3.03. The fourth-order valence-corrected chi connectivity index (χ4v) is 2.94. The quantitative estimate of drug-likeness (QED) is 0.598. The van der Waals surface area contributed by atoms with Crippen molar-refractivity contribution in [1.82, 2.24) is 25.1 Å². The molecule has 136 valence electrons. The SMILES string of the molecule is Cc1cc2nc(CN(C)c3nncc(-c4cccc(F)c4)n3)[nH]c2cc1C. The molecule has 0 aliphatic rings. The Hall–Kier alpha value is -3.35. The molecule has 7 heteroatoms. The maximum absolute atomic E-state index is 13.5. The van der Waals surface area contributed by atoms with Crippen molar-refractivity contribution in [2.75, 3.05) is 11.9 Å². The number of rotatable bonds is 4. The number of nitrogens with zero attached hydrogens (tertiary/aromatic N) is 5. The third-order valence-electron chi connectivity index (χ3n) is 4.54. The van der Waals surface area contributed by atoms with Gasteiger partial charge >= 0.3 is 0 Å². The zero-order valence-corrected chi connectivity index (χ0v) is 15.4. The molecule has 2 aromatic heterocycles. The van der Waals surface area contributed by atoms with Gasteiger partial charge in [0.15, 0.2) is 0 Å². The molecule has 27 heavy (non-hydrogen) atoms. The third kappa shape index (κ3) is 3.48. The molecule has 0 unspecified atom stereocenters. The minimum atomic E-state index is -0.311. The largest absolute Gasteiger partial charge is 0.340 e. The molecular weight excluding hydrogens is 343 g/mol. The van der Waals surface area contributed by atoms with Crippen molar-refractivity contribution in [2.24, 2.45) is 0 Å². The Kier molecular flexibility index (Phi) is 4.27. The number of benzene rings is 2. The summed E-state index contributed by atoms with van der Waals surface area (Å²) in [5.74, 6) is 0.954. The lowest BCUT2D eigenvalue weighted by atomic mass is 10.1. The molecule has 0 spiro atoms. The third-order valence-corrected chi connectivity index (χ3v) is 4.54. The topological polar surface area (TPSA) is 70.6 Å². The van der Waals surface area contributed by atoms with Crippen LogP contribution in [0.1, 0.15) is 17.0 Å². The average molecular weight is 362 g/mol. The monoisotopic (exact) mass is 362 g/mol. The molecule has 0 radical (unpaired) electrons. The van der Waals surface area contributed by atoms with Gasteiger partial charge in [-0.3, -0.25) is 0 Å². The molecule has 0 atom stereocenters. The number of imidazole rings is 1. The Morgan fingerprint density at radius 1 is 1.07 bits per heavy atom. The van der Waals surface area contributed by atoms with Crippen molar-refractivity contribution in [3.63, 3.8) is 0 Å². The van der Waals surface area contributed by atoms with Gasteiger partial charge < -0.3 is 9.88 Å². The first-order valence-corrected chi connectivity index (χ1v) is 8.62. The fourth-order valence-electron chi connectivity index (χ4n) is 2.94. The van der Waals surface area contributed by atoms with Crippen LogP contribution in [0.2, 0.25) is 0 Å². The minimum Gasteiger partial charge on any atom is -0.340 e. The van der Waals surface area contributed by atoms with E-state index in [1.807, 2.05) is 11.9 Å². The van der Waals surface area contributed by atoms with Crippen molar-refractivity contribution in [3.8, 4) is 11.3 Å². The highest BCUT2D eigenvalue weighted by atomic mass is 19.1. The number of aromatic nitrogens is 5. The maximum Gasteiger partial charge on any atom is 0.246 e. The molecular formula is C20H19FN6. The maximum atomic E-state index is 13.5. The molecule has 4 rings (SSSR count). The number of hydrogen-bond acceptors (Lipinski definition) is 5. The van der Waals surface area contributed by atoms with Crippen molar-refractivity contribution >= 4 is 17.0 Å². The summed E-state index contributed by atoms with van der Waals surface area (Å²) in [5.41, 5.74) is 5.62. The second-order valence-electron chi connectivity index (χ2n) is 6.65.